The summed E-state index contributed by atoms with van der Waals surface area (Å²) in [4.78, 5) is 12.1. The Labute approximate surface area is 119 Å². The van der Waals surface area contributed by atoms with Gasteiger partial charge in [-0.1, -0.05) is 39.7 Å². The van der Waals surface area contributed by atoms with Crippen molar-refractivity contribution >= 4 is 39.1 Å². The summed E-state index contributed by atoms with van der Waals surface area (Å²) in [5.74, 6) is -0.174. The predicted molar refractivity (Wildman–Crippen MR) is 78.3 cm³/mol. The normalized spacial score (nSPS) is 10.2. The molecule has 2 aromatic carbocycles. The van der Waals surface area contributed by atoms with Crippen molar-refractivity contribution in [1.82, 2.24) is 0 Å². The van der Waals surface area contributed by atoms with Gasteiger partial charge in [-0.25, -0.2) is 0 Å². The van der Waals surface area contributed by atoms with Crippen molar-refractivity contribution in [2.75, 3.05) is 5.32 Å². The van der Waals surface area contributed by atoms with Gasteiger partial charge in [0.25, 0.3) is 5.91 Å². The second-order valence-corrected chi connectivity index (χ2v) is 5.27. The fourth-order valence-electron chi connectivity index (χ4n) is 1.62. The number of carbonyl (C=O) groups excluding carboxylic acids is 1. The van der Waals surface area contributed by atoms with Gasteiger partial charge >= 0.3 is 0 Å². The van der Waals surface area contributed by atoms with Crippen LogP contribution in [0.5, 0.6) is 0 Å². The first-order chi connectivity index (χ1) is 8.56. The topological polar surface area (TPSA) is 29.1 Å². The highest BCUT2D eigenvalue weighted by Gasteiger charge is 2.09. The number of hydrogen-bond acceptors (Lipinski definition) is 1. The van der Waals surface area contributed by atoms with Crippen molar-refractivity contribution in [3.63, 3.8) is 0 Å². The van der Waals surface area contributed by atoms with Crippen LogP contribution in [0.2, 0.25) is 5.02 Å². The molecule has 1 N–H and O–H groups in total. The monoisotopic (exact) mass is 323 g/mol. The minimum absolute atomic E-state index is 0.174. The molecule has 2 aromatic rings. The lowest BCUT2D eigenvalue weighted by molar-refractivity contribution is 0.102. The van der Waals surface area contributed by atoms with Gasteiger partial charge in [0, 0.05) is 10.0 Å². The van der Waals surface area contributed by atoms with Crippen molar-refractivity contribution in [2.45, 2.75) is 6.92 Å². The van der Waals surface area contributed by atoms with Crippen LogP contribution in [0.1, 0.15) is 15.9 Å². The van der Waals surface area contributed by atoms with Gasteiger partial charge in [-0.3, -0.25) is 4.79 Å². The molecule has 0 saturated heterocycles. The molecule has 0 spiro atoms. The number of hydrogen-bond donors (Lipinski definition) is 1. The number of amides is 1. The second-order valence-electron chi connectivity index (χ2n) is 3.95. The molecule has 0 aliphatic rings. The molecule has 2 nitrogen and oxygen atoms in total. The summed E-state index contributed by atoms with van der Waals surface area (Å²) in [7, 11) is 0. The smallest absolute Gasteiger partial charge is 0.255 e. The molecule has 92 valence electrons. The Morgan fingerprint density at radius 1 is 1.22 bits per heavy atom. The van der Waals surface area contributed by atoms with E-state index in [2.05, 4.69) is 21.2 Å². The highest BCUT2D eigenvalue weighted by atomic mass is 79.9. The van der Waals surface area contributed by atoms with E-state index in [9.17, 15) is 4.79 Å². The Morgan fingerprint density at radius 2 is 1.94 bits per heavy atom. The maximum atomic E-state index is 12.1. The fourth-order valence-corrected chi connectivity index (χ4v) is 2.42. The van der Waals surface area contributed by atoms with E-state index in [4.69, 9.17) is 11.6 Å². The maximum Gasteiger partial charge on any atom is 0.255 e. The van der Waals surface area contributed by atoms with Crippen LogP contribution in [0.3, 0.4) is 0 Å². The minimum atomic E-state index is -0.174. The lowest BCUT2D eigenvalue weighted by Gasteiger charge is -2.08. The number of carbonyl (C=O) groups is 1. The van der Waals surface area contributed by atoms with Gasteiger partial charge < -0.3 is 5.32 Å². The summed E-state index contributed by atoms with van der Waals surface area (Å²) in [5.41, 5.74) is 2.23. The van der Waals surface area contributed by atoms with Gasteiger partial charge in [0.2, 0.25) is 0 Å². The molecule has 0 unspecified atom stereocenters. The summed E-state index contributed by atoms with van der Waals surface area (Å²) < 4.78 is 0.881. The molecule has 0 bridgehead atoms. The van der Waals surface area contributed by atoms with Crippen molar-refractivity contribution in [3.05, 3.63) is 63.1 Å². The van der Waals surface area contributed by atoms with E-state index >= 15 is 0 Å². The first-order valence-corrected chi connectivity index (χ1v) is 6.56. The molecule has 1 amide bonds. The number of nitrogens with one attached hydrogen (secondary N) is 1. The molecule has 0 aliphatic heterocycles. The van der Waals surface area contributed by atoms with E-state index in [-0.39, 0.29) is 5.91 Å². The summed E-state index contributed by atoms with van der Waals surface area (Å²) in [5, 5.41) is 3.31. The van der Waals surface area contributed by atoms with Crippen LogP contribution in [0, 0.1) is 6.92 Å². The number of anilines is 1. The molecule has 0 heterocycles. The zero-order chi connectivity index (χ0) is 13.1. The predicted octanol–water partition coefficient (Wildman–Crippen LogP) is 4.66. The molecule has 0 aliphatic carbocycles. The average molecular weight is 325 g/mol. The molecular weight excluding hydrogens is 314 g/mol. The Kier molecular flexibility index (Phi) is 4.04. The van der Waals surface area contributed by atoms with Gasteiger partial charge in [-0.15, -0.1) is 0 Å². The van der Waals surface area contributed by atoms with Crippen LogP contribution in [0.4, 0.5) is 5.69 Å². The summed E-state index contributed by atoms with van der Waals surface area (Å²) in [6.07, 6.45) is 0. The lowest BCUT2D eigenvalue weighted by Crippen LogP contribution is -2.12. The number of aryl methyl sites for hydroxylation is 1. The summed E-state index contributed by atoms with van der Waals surface area (Å²) >= 11 is 9.37. The van der Waals surface area contributed by atoms with Crippen LogP contribution in [0.25, 0.3) is 0 Å². The molecule has 2 rings (SSSR count). The van der Waals surface area contributed by atoms with Crippen LogP contribution < -0.4 is 5.32 Å². The van der Waals surface area contributed by atoms with Crippen LogP contribution >= 0.6 is 27.5 Å². The van der Waals surface area contributed by atoms with Gasteiger partial charge in [0.1, 0.15) is 0 Å². The first kappa shape index (κ1) is 13.1. The number of benzene rings is 2. The van der Waals surface area contributed by atoms with Crippen molar-refractivity contribution < 1.29 is 4.79 Å². The van der Waals surface area contributed by atoms with Gasteiger partial charge in [0.05, 0.1) is 10.7 Å². The molecule has 0 radical (unpaired) electrons. The number of halogens is 2. The highest BCUT2D eigenvalue weighted by molar-refractivity contribution is 9.10. The second kappa shape index (κ2) is 5.55. The molecule has 0 fully saturated rings. The van der Waals surface area contributed by atoms with E-state index in [0.717, 1.165) is 10.0 Å². The van der Waals surface area contributed by atoms with Crippen LogP contribution in [-0.4, -0.2) is 5.91 Å². The van der Waals surface area contributed by atoms with E-state index in [0.29, 0.717) is 16.3 Å². The zero-order valence-corrected chi connectivity index (χ0v) is 12.0. The van der Waals surface area contributed by atoms with Crippen molar-refractivity contribution in [2.24, 2.45) is 0 Å². The third kappa shape index (κ3) is 3.12. The Hall–Kier alpha value is -1.32. The quantitative estimate of drug-likeness (QED) is 0.855. The fraction of sp³-hybridized carbons (Fsp3) is 0.0714. The molecule has 4 heteroatoms. The van der Waals surface area contributed by atoms with E-state index in [1.165, 1.54) is 0 Å². The third-order valence-electron chi connectivity index (χ3n) is 2.43. The van der Waals surface area contributed by atoms with E-state index in [1.54, 1.807) is 18.2 Å². The maximum absolute atomic E-state index is 12.1. The number of rotatable bonds is 2. The Balaban J connectivity index is 2.25. The zero-order valence-electron chi connectivity index (χ0n) is 9.71. The van der Waals surface area contributed by atoms with E-state index in [1.807, 2.05) is 31.2 Å². The molecular formula is C14H11BrClNO. The Morgan fingerprint density at radius 3 is 2.61 bits per heavy atom. The molecule has 0 saturated carbocycles. The summed E-state index contributed by atoms with van der Waals surface area (Å²) in [6.45, 7) is 1.94. The average Bonchev–Trinajstić information content (AvgIpc) is 2.31. The first-order valence-electron chi connectivity index (χ1n) is 5.39. The highest BCUT2D eigenvalue weighted by Crippen LogP contribution is 2.22. The number of para-hydroxylation sites is 1. The molecule has 0 atom stereocenters. The minimum Gasteiger partial charge on any atom is -0.321 e. The largest absolute Gasteiger partial charge is 0.321 e. The third-order valence-corrected chi connectivity index (χ3v) is 3.21. The van der Waals surface area contributed by atoms with Crippen molar-refractivity contribution in [1.29, 1.82) is 0 Å². The SMILES string of the molecule is Cc1cc(Br)cc(C(=O)Nc2ccccc2Cl)c1. The lowest BCUT2D eigenvalue weighted by atomic mass is 10.1. The molecule has 18 heavy (non-hydrogen) atoms. The van der Waals surface area contributed by atoms with Gasteiger partial charge in [-0.2, -0.15) is 0 Å². The van der Waals surface area contributed by atoms with Crippen LogP contribution in [-0.2, 0) is 0 Å². The van der Waals surface area contributed by atoms with Gasteiger partial charge in [0.15, 0.2) is 0 Å². The molecule has 0 aromatic heterocycles. The van der Waals surface area contributed by atoms with Crippen molar-refractivity contribution in [3.8, 4) is 0 Å². The van der Waals surface area contributed by atoms with Gasteiger partial charge in [-0.05, 0) is 42.8 Å². The standard InChI is InChI=1S/C14H11BrClNO/c1-9-6-10(8-11(15)7-9)14(18)17-13-5-3-2-4-12(13)16/h2-8H,1H3,(H,17,18). The van der Waals surface area contributed by atoms with Crippen LogP contribution in [0.15, 0.2) is 46.9 Å². The Bertz CT molecular complexity index is 578. The van der Waals surface area contributed by atoms with E-state index < -0.39 is 0 Å². The summed E-state index contributed by atoms with van der Waals surface area (Å²) in [6, 6.07) is 12.7.